The minimum atomic E-state index is -2.48. The number of nitrogens with one attached hydrogen (secondary N) is 2. The zero-order chi connectivity index (χ0) is 16.1. The first-order valence-corrected chi connectivity index (χ1v) is 6.95. The van der Waals surface area contributed by atoms with Gasteiger partial charge in [-0.25, -0.2) is 17.6 Å². The van der Waals surface area contributed by atoms with Crippen LogP contribution in [-0.2, 0) is 0 Å². The van der Waals surface area contributed by atoms with Gasteiger partial charge in [-0.3, -0.25) is 4.99 Å². The molecular formula is C14H18F4N4. The monoisotopic (exact) mass is 318 g/mol. The smallest absolute Gasteiger partial charge is 0.255 e. The molecule has 0 aromatic heterocycles. The number of alkyl halides is 2. The number of guanidine groups is 1. The summed E-state index contributed by atoms with van der Waals surface area (Å²) in [5, 5.41) is 5.47. The van der Waals surface area contributed by atoms with E-state index in [1.807, 2.05) is 0 Å². The Labute approximate surface area is 126 Å². The summed E-state index contributed by atoms with van der Waals surface area (Å²) in [7, 11) is 1.48. The third-order valence-electron chi connectivity index (χ3n) is 3.43. The molecule has 122 valence electrons. The lowest BCUT2D eigenvalue weighted by Gasteiger charge is -2.21. The maximum atomic E-state index is 13.7. The van der Waals surface area contributed by atoms with Crippen molar-refractivity contribution in [2.45, 2.75) is 18.9 Å². The number of benzene rings is 1. The van der Waals surface area contributed by atoms with Crippen LogP contribution in [0.25, 0.3) is 0 Å². The Balaban J connectivity index is 1.95. The van der Waals surface area contributed by atoms with Crippen molar-refractivity contribution in [3.05, 3.63) is 29.8 Å². The molecule has 0 saturated carbocycles. The molecule has 0 spiro atoms. The molecule has 4 nitrogen and oxygen atoms in total. The van der Waals surface area contributed by atoms with Gasteiger partial charge in [0.1, 0.15) is 17.3 Å². The minimum absolute atomic E-state index is 0.0534. The van der Waals surface area contributed by atoms with Gasteiger partial charge >= 0.3 is 0 Å². The van der Waals surface area contributed by atoms with Crippen molar-refractivity contribution in [1.82, 2.24) is 10.6 Å². The molecule has 22 heavy (non-hydrogen) atoms. The average Bonchev–Trinajstić information content (AvgIpc) is 2.91. The maximum absolute atomic E-state index is 13.7. The van der Waals surface area contributed by atoms with Crippen molar-refractivity contribution < 1.29 is 17.6 Å². The first-order chi connectivity index (χ1) is 10.5. The highest BCUT2D eigenvalue weighted by Crippen LogP contribution is 2.26. The summed E-state index contributed by atoms with van der Waals surface area (Å²) < 4.78 is 51.9. The Morgan fingerprint density at radius 1 is 1.36 bits per heavy atom. The zero-order valence-electron chi connectivity index (χ0n) is 12.1. The van der Waals surface area contributed by atoms with Crippen LogP contribution in [0.1, 0.15) is 6.42 Å². The van der Waals surface area contributed by atoms with Gasteiger partial charge < -0.3 is 15.5 Å². The fourth-order valence-corrected chi connectivity index (χ4v) is 2.43. The van der Waals surface area contributed by atoms with Crippen LogP contribution in [0.2, 0.25) is 0 Å². The van der Waals surface area contributed by atoms with Crippen molar-refractivity contribution in [3.63, 3.8) is 0 Å². The summed E-state index contributed by atoms with van der Waals surface area (Å²) in [6.45, 7) is 0.340. The molecule has 8 heteroatoms. The first-order valence-electron chi connectivity index (χ1n) is 6.95. The van der Waals surface area contributed by atoms with Gasteiger partial charge in [0.25, 0.3) is 6.43 Å². The van der Waals surface area contributed by atoms with Gasteiger partial charge in [-0.2, -0.15) is 0 Å². The Kier molecular flexibility index (Phi) is 5.46. The van der Waals surface area contributed by atoms with E-state index in [1.165, 1.54) is 25.2 Å². The zero-order valence-corrected chi connectivity index (χ0v) is 12.1. The third-order valence-corrected chi connectivity index (χ3v) is 3.43. The van der Waals surface area contributed by atoms with Crippen molar-refractivity contribution >= 4 is 11.6 Å². The van der Waals surface area contributed by atoms with Gasteiger partial charge in [0.05, 0.1) is 6.54 Å². The molecule has 1 unspecified atom stereocenters. The van der Waals surface area contributed by atoms with E-state index in [2.05, 4.69) is 15.6 Å². The number of anilines is 1. The number of para-hydroxylation sites is 1. The van der Waals surface area contributed by atoms with E-state index in [9.17, 15) is 17.6 Å². The molecular weight excluding hydrogens is 300 g/mol. The Bertz CT molecular complexity index is 515. The topological polar surface area (TPSA) is 39.7 Å². The second kappa shape index (κ2) is 7.33. The highest BCUT2D eigenvalue weighted by atomic mass is 19.3. The number of halogens is 4. The van der Waals surface area contributed by atoms with Crippen LogP contribution in [0.5, 0.6) is 0 Å². The summed E-state index contributed by atoms with van der Waals surface area (Å²) >= 11 is 0. The van der Waals surface area contributed by atoms with Crippen LogP contribution in [0.15, 0.2) is 23.2 Å². The minimum Gasteiger partial charge on any atom is -0.365 e. The van der Waals surface area contributed by atoms with Gasteiger partial charge in [0.2, 0.25) is 0 Å². The highest BCUT2D eigenvalue weighted by Gasteiger charge is 2.27. The number of hydrogen-bond donors (Lipinski definition) is 2. The molecule has 2 N–H and O–H groups in total. The molecule has 1 fully saturated rings. The Hall–Kier alpha value is -1.99. The number of hydrogen-bond acceptors (Lipinski definition) is 2. The summed E-state index contributed by atoms with van der Waals surface area (Å²) in [5.41, 5.74) is -0.0534. The van der Waals surface area contributed by atoms with Crippen LogP contribution in [0.3, 0.4) is 0 Å². The lowest BCUT2D eigenvalue weighted by atomic mass is 10.2. The molecule has 1 aliphatic rings. The van der Waals surface area contributed by atoms with Crippen molar-refractivity contribution in [2.24, 2.45) is 4.99 Å². The van der Waals surface area contributed by atoms with E-state index >= 15 is 0 Å². The van der Waals surface area contributed by atoms with Crippen LogP contribution < -0.4 is 15.5 Å². The maximum Gasteiger partial charge on any atom is 0.255 e. The van der Waals surface area contributed by atoms with Crippen molar-refractivity contribution in [2.75, 3.05) is 31.6 Å². The summed E-state index contributed by atoms with van der Waals surface area (Å²) in [6.07, 6.45) is -1.85. The lowest BCUT2D eigenvalue weighted by Crippen LogP contribution is -2.45. The molecule has 1 heterocycles. The van der Waals surface area contributed by atoms with Gasteiger partial charge in [-0.1, -0.05) is 6.07 Å². The van der Waals surface area contributed by atoms with Crippen LogP contribution in [-0.4, -0.2) is 45.1 Å². The molecule has 0 bridgehead atoms. The highest BCUT2D eigenvalue weighted by molar-refractivity contribution is 5.80. The standard InChI is InChI=1S/C14H18F4N4/c1-19-14(20-7-12(17)18)21-9-5-6-22(8-9)13-10(15)3-2-4-11(13)16/h2-4,9,12H,5-8H2,1H3,(H2,19,20,21). The molecule has 1 saturated heterocycles. The molecule has 1 atom stereocenters. The summed E-state index contributed by atoms with van der Waals surface area (Å²) in [5.74, 6) is -0.970. The number of nitrogens with zero attached hydrogens (tertiary/aromatic N) is 2. The fourth-order valence-electron chi connectivity index (χ4n) is 2.43. The number of rotatable bonds is 4. The SMILES string of the molecule is CN=C(NCC(F)F)NC1CCN(c2c(F)cccc2F)C1. The van der Waals surface area contributed by atoms with E-state index in [1.54, 1.807) is 4.90 Å². The largest absolute Gasteiger partial charge is 0.365 e. The second-order valence-corrected chi connectivity index (χ2v) is 4.99. The molecule has 1 aromatic rings. The second-order valence-electron chi connectivity index (χ2n) is 4.99. The Morgan fingerprint density at radius 2 is 2.05 bits per heavy atom. The predicted molar refractivity (Wildman–Crippen MR) is 77.5 cm³/mol. The molecule has 0 radical (unpaired) electrons. The molecule has 1 aromatic carbocycles. The van der Waals surface area contributed by atoms with Crippen LogP contribution >= 0.6 is 0 Å². The molecule has 0 amide bonds. The molecule has 2 rings (SSSR count). The normalized spacial score (nSPS) is 18.9. The lowest BCUT2D eigenvalue weighted by molar-refractivity contribution is 0.152. The molecule has 0 aliphatic carbocycles. The molecule has 1 aliphatic heterocycles. The van der Waals surface area contributed by atoms with E-state index in [4.69, 9.17) is 0 Å². The van der Waals surface area contributed by atoms with E-state index in [0.717, 1.165) is 0 Å². The van der Waals surface area contributed by atoms with Crippen LogP contribution in [0.4, 0.5) is 23.2 Å². The van der Waals surface area contributed by atoms with Gasteiger partial charge in [0.15, 0.2) is 5.96 Å². The Morgan fingerprint density at radius 3 is 2.64 bits per heavy atom. The van der Waals surface area contributed by atoms with Crippen LogP contribution in [0, 0.1) is 11.6 Å². The van der Waals surface area contributed by atoms with E-state index in [0.29, 0.717) is 19.5 Å². The first kappa shape index (κ1) is 16.4. The fraction of sp³-hybridized carbons (Fsp3) is 0.500. The third kappa shape index (κ3) is 4.02. The average molecular weight is 318 g/mol. The van der Waals surface area contributed by atoms with E-state index < -0.39 is 24.6 Å². The summed E-state index contributed by atoms with van der Waals surface area (Å²) in [6, 6.07) is 3.61. The quantitative estimate of drug-likeness (QED) is 0.507. The van der Waals surface area contributed by atoms with Gasteiger partial charge in [-0.05, 0) is 18.6 Å². The van der Waals surface area contributed by atoms with Crippen molar-refractivity contribution in [1.29, 1.82) is 0 Å². The van der Waals surface area contributed by atoms with Gasteiger partial charge in [0, 0.05) is 26.2 Å². The van der Waals surface area contributed by atoms with E-state index in [-0.39, 0.29) is 17.7 Å². The predicted octanol–water partition coefficient (Wildman–Crippen LogP) is 1.97. The van der Waals surface area contributed by atoms with Gasteiger partial charge in [-0.15, -0.1) is 0 Å². The van der Waals surface area contributed by atoms with Crippen molar-refractivity contribution in [3.8, 4) is 0 Å². The number of aliphatic imine (C=N–C) groups is 1. The summed E-state index contributed by atoms with van der Waals surface area (Å²) in [4.78, 5) is 5.45.